The Morgan fingerprint density at radius 1 is 1.10 bits per heavy atom. The third kappa shape index (κ3) is 4.57. The van der Waals surface area contributed by atoms with Crippen LogP contribution in [-0.4, -0.2) is 45.6 Å². The topological polar surface area (TPSA) is 81.0 Å². The maximum atomic E-state index is 12.9. The molecule has 7 nitrogen and oxygen atoms in total. The normalized spacial score (nSPS) is 17.1. The molecule has 0 spiro atoms. The van der Waals surface area contributed by atoms with E-state index in [0.717, 1.165) is 48.5 Å². The van der Waals surface area contributed by atoms with E-state index in [1.54, 1.807) is 38.8 Å². The Hall–Kier alpha value is -2.10. The second kappa shape index (κ2) is 8.73. The summed E-state index contributed by atoms with van der Waals surface area (Å²) in [6.45, 7) is 4.06. The predicted molar refractivity (Wildman–Crippen MR) is 113 cm³/mol. The number of aromatic nitrogens is 4. The zero-order valence-corrected chi connectivity index (χ0v) is 18.1. The van der Waals surface area contributed by atoms with Crippen molar-refractivity contribution < 1.29 is 8.42 Å². The molecule has 3 aromatic rings. The molecule has 1 aromatic carbocycles. The molecule has 1 aliphatic heterocycles. The highest BCUT2D eigenvalue weighted by Crippen LogP contribution is 2.29. The van der Waals surface area contributed by atoms with Gasteiger partial charge < -0.3 is 0 Å². The van der Waals surface area contributed by atoms with Crippen molar-refractivity contribution in [1.29, 1.82) is 0 Å². The molecule has 3 heterocycles. The van der Waals surface area contributed by atoms with E-state index in [0.29, 0.717) is 18.0 Å². The van der Waals surface area contributed by atoms with Crippen LogP contribution in [0.2, 0.25) is 0 Å². The molecule has 0 amide bonds. The Kier molecular flexibility index (Phi) is 6.07. The van der Waals surface area contributed by atoms with Gasteiger partial charge in [0.1, 0.15) is 12.7 Å². The van der Waals surface area contributed by atoms with Crippen LogP contribution in [0.3, 0.4) is 0 Å². The summed E-state index contributed by atoms with van der Waals surface area (Å²) in [5.41, 5.74) is 1.80. The van der Waals surface area contributed by atoms with Crippen molar-refractivity contribution in [3.8, 4) is 11.3 Å². The van der Waals surface area contributed by atoms with E-state index in [9.17, 15) is 8.42 Å². The summed E-state index contributed by atoms with van der Waals surface area (Å²) >= 11 is 1.61. The maximum absolute atomic E-state index is 12.9. The third-order valence-corrected chi connectivity index (χ3v) is 8.21. The summed E-state index contributed by atoms with van der Waals surface area (Å²) < 4.78 is 29.3. The number of hydrogen-bond acceptors (Lipinski definition) is 6. The van der Waals surface area contributed by atoms with Crippen molar-refractivity contribution in [1.82, 2.24) is 24.1 Å². The molecule has 1 aliphatic rings. The highest BCUT2D eigenvalue weighted by Gasteiger charge is 2.25. The molecule has 0 aliphatic carbocycles. The van der Waals surface area contributed by atoms with Gasteiger partial charge >= 0.3 is 0 Å². The number of nitrogens with zero attached hydrogens (tertiary/aromatic N) is 5. The van der Waals surface area contributed by atoms with Crippen LogP contribution in [0.5, 0.6) is 0 Å². The van der Waals surface area contributed by atoms with E-state index in [1.807, 2.05) is 17.5 Å². The number of hydrogen-bond donors (Lipinski definition) is 0. The molecule has 4 rings (SSSR count). The van der Waals surface area contributed by atoms with Gasteiger partial charge in [-0.2, -0.15) is 9.40 Å². The van der Waals surface area contributed by atoms with Crippen LogP contribution in [0, 0.1) is 0 Å². The molecule has 1 unspecified atom stereocenters. The third-order valence-electron chi connectivity index (χ3n) is 5.22. The van der Waals surface area contributed by atoms with E-state index in [4.69, 9.17) is 4.98 Å². The summed E-state index contributed by atoms with van der Waals surface area (Å²) in [5, 5.41) is 7.19. The lowest BCUT2D eigenvalue weighted by atomic mass is 10.1. The van der Waals surface area contributed by atoms with Gasteiger partial charge in [0.25, 0.3) is 0 Å². The Morgan fingerprint density at radius 2 is 1.83 bits per heavy atom. The average Bonchev–Trinajstić information content (AvgIpc) is 3.34. The quantitative estimate of drug-likeness (QED) is 0.593. The zero-order valence-electron chi connectivity index (χ0n) is 16.4. The van der Waals surface area contributed by atoms with Crippen LogP contribution in [-0.2, 0) is 16.6 Å². The molecular formula is C20H25N5O2S2. The summed E-state index contributed by atoms with van der Waals surface area (Å²) in [6, 6.07) is 7.11. The van der Waals surface area contributed by atoms with Crippen LogP contribution in [0.25, 0.3) is 11.3 Å². The van der Waals surface area contributed by atoms with Crippen molar-refractivity contribution in [2.24, 2.45) is 0 Å². The molecule has 1 saturated heterocycles. The minimum absolute atomic E-state index is 0.220. The first-order valence-electron chi connectivity index (χ1n) is 9.92. The lowest BCUT2D eigenvalue weighted by Gasteiger charge is -2.20. The van der Waals surface area contributed by atoms with Crippen molar-refractivity contribution in [3.05, 3.63) is 47.3 Å². The van der Waals surface area contributed by atoms with E-state index in [-0.39, 0.29) is 5.92 Å². The smallest absolute Gasteiger partial charge is 0.243 e. The first-order chi connectivity index (χ1) is 14.0. The van der Waals surface area contributed by atoms with Crippen molar-refractivity contribution in [2.45, 2.75) is 50.0 Å². The maximum Gasteiger partial charge on any atom is 0.243 e. The summed E-state index contributed by atoms with van der Waals surface area (Å²) in [4.78, 5) is 9.08. The Labute approximate surface area is 175 Å². The molecule has 0 radical (unpaired) electrons. The Bertz CT molecular complexity index is 1020. The van der Waals surface area contributed by atoms with Crippen molar-refractivity contribution in [2.75, 3.05) is 13.1 Å². The molecule has 1 fully saturated rings. The number of benzene rings is 1. The summed E-state index contributed by atoms with van der Waals surface area (Å²) in [5.74, 6) is 0.220. The van der Waals surface area contributed by atoms with Crippen LogP contribution < -0.4 is 0 Å². The Balaban J connectivity index is 1.48. The van der Waals surface area contributed by atoms with Gasteiger partial charge in [-0.05, 0) is 25.0 Å². The minimum atomic E-state index is -3.42. The van der Waals surface area contributed by atoms with Gasteiger partial charge in [0, 0.05) is 30.0 Å². The van der Waals surface area contributed by atoms with Crippen LogP contribution >= 0.6 is 11.3 Å². The first kappa shape index (κ1) is 20.2. The van der Waals surface area contributed by atoms with Crippen LogP contribution in [0.4, 0.5) is 0 Å². The zero-order chi connectivity index (χ0) is 20.3. The number of sulfonamides is 1. The predicted octanol–water partition coefficient (Wildman–Crippen LogP) is 3.77. The highest BCUT2D eigenvalue weighted by atomic mass is 32.2. The molecular weight excluding hydrogens is 406 g/mol. The molecule has 29 heavy (non-hydrogen) atoms. The van der Waals surface area contributed by atoms with Gasteiger partial charge in [0.15, 0.2) is 0 Å². The number of thiazole rings is 1. The second-order valence-electron chi connectivity index (χ2n) is 7.43. The van der Waals surface area contributed by atoms with Gasteiger partial charge in [0.2, 0.25) is 10.0 Å². The molecule has 154 valence electrons. The average molecular weight is 432 g/mol. The van der Waals surface area contributed by atoms with Crippen LogP contribution in [0.1, 0.15) is 43.5 Å². The van der Waals surface area contributed by atoms with Gasteiger partial charge in [-0.15, -0.1) is 11.3 Å². The fourth-order valence-corrected chi connectivity index (χ4v) is 5.96. The molecule has 0 N–H and O–H groups in total. The van der Waals surface area contributed by atoms with Gasteiger partial charge in [-0.1, -0.05) is 31.9 Å². The van der Waals surface area contributed by atoms with Gasteiger partial charge in [-0.25, -0.2) is 18.4 Å². The molecule has 2 aromatic heterocycles. The van der Waals surface area contributed by atoms with Crippen molar-refractivity contribution >= 4 is 21.4 Å². The standard InChI is InChI=1S/C20H25N5O2S2/c1-16(12-24-15-21-14-22-24)20-23-19(13-28-20)17-6-8-18(9-7-17)29(26,27)25-10-4-2-3-5-11-25/h6-9,13-16H,2-5,10-12H2,1H3. The summed E-state index contributed by atoms with van der Waals surface area (Å²) in [6.07, 6.45) is 7.31. The first-order valence-corrected chi connectivity index (χ1v) is 12.2. The lowest BCUT2D eigenvalue weighted by Crippen LogP contribution is -2.31. The molecule has 1 atom stereocenters. The largest absolute Gasteiger partial charge is 0.252 e. The van der Waals surface area contributed by atoms with Crippen LogP contribution in [0.15, 0.2) is 47.2 Å². The van der Waals surface area contributed by atoms with E-state index in [2.05, 4.69) is 17.0 Å². The van der Waals surface area contributed by atoms with E-state index >= 15 is 0 Å². The SMILES string of the molecule is CC(Cn1cncn1)c1nc(-c2ccc(S(=O)(=O)N3CCCCCC3)cc2)cs1. The van der Waals surface area contributed by atoms with Gasteiger partial charge in [0.05, 0.1) is 22.1 Å². The van der Waals surface area contributed by atoms with E-state index < -0.39 is 10.0 Å². The summed E-state index contributed by atoms with van der Waals surface area (Å²) in [7, 11) is -3.42. The molecule has 0 bridgehead atoms. The van der Waals surface area contributed by atoms with Gasteiger partial charge in [-0.3, -0.25) is 4.68 Å². The van der Waals surface area contributed by atoms with Crippen molar-refractivity contribution in [3.63, 3.8) is 0 Å². The second-order valence-corrected chi connectivity index (χ2v) is 10.3. The fraction of sp³-hybridized carbons (Fsp3) is 0.450. The lowest BCUT2D eigenvalue weighted by molar-refractivity contribution is 0.424. The monoisotopic (exact) mass is 431 g/mol. The number of rotatable bonds is 6. The minimum Gasteiger partial charge on any atom is -0.252 e. The Morgan fingerprint density at radius 3 is 2.48 bits per heavy atom. The fourth-order valence-electron chi connectivity index (χ4n) is 3.56. The molecule has 9 heteroatoms. The van der Waals surface area contributed by atoms with E-state index in [1.165, 1.54) is 6.33 Å². The highest BCUT2D eigenvalue weighted by molar-refractivity contribution is 7.89. The molecule has 0 saturated carbocycles.